The maximum atomic E-state index is 12.5. The Morgan fingerprint density at radius 1 is 1.33 bits per heavy atom. The van der Waals surface area contributed by atoms with Gasteiger partial charge >= 0.3 is 0 Å². The molecule has 1 saturated heterocycles. The summed E-state index contributed by atoms with van der Waals surface area (Å²) in [6.45, 7) is 1.22. The number of nitrogens with two attached hydrogens (primary N) is 1. The summed E-state index contributed by atoms with van der Waals surface area (Å²) in [4.78, 5) is 14.5. The number of amides is 1. The monoisotopic (exact) mass is 248 g/mol. The Kier molecular flexibility index (Phi) is 3.12. The van der Waals surface area contributed by atoms with E-state index >= 15 is 0 Å². The smallest absolute Gasteiger partial charge is 0.289 e. The molecular formula is C14H20N2O2. The van der Waals surface area contributed by atoms with E-state index in [0.717, 1.165) is 19.4 Å². The molecule has 0 aromatic carbocycles. The lowest BCUT2D eigenvalue weighted by atomic mass is 9.92. The Bertz CT molecular complexity index is 441. The van der Waals surface area contributed by atoms with Gasteiger partial charge in [0.2, 0.25) is 0 Å². The quantitative estimate of drug-likeness (QED) is 0.872. The number of hydrogen-bond acceptors (Lipinski definition) is 3. The molecule has 1 amide bonds. The van der Waals surface area contributed by atoms with Gasteiger partial charge in [-0.1, -0.05) is 6.42 Å². The minimum Gasteiger partial charge on any atom is -0.455 e. The molecule has 2 aliphatic rings. The van der Waals surface area contributed by atoms with Crippen LogP contribution in [0.15, 0.2) is 16.5 Å². The van der Waals surface area contributed by atoms with E-state index in [4.69, 9.17) is 10.2 Å². The summed E-state index contributed by atoms with van der Waals surface area (Å²) in [5.41, 5.74) is 5.51. The highest BCUT2D eigenvalue weighted by Crippen LogP contribution is 2.37. The first-order chi connectivity index (χ1) is 8.79. The van der Waals surface area contributed by atoms with Crippen molar-refractivity contribution in [3.8, 4) is 0 Å². The maximum Gasteiger partial charge on any atom is 0.289 e. The number of carbonyl (C=O) groups excluding carboxylic acids is 1. The maximum absolute atomic E-state index is 12.5. The molecule has 2 unspecified atom stereocenters. The Balaban J connectivity index is 1.78. The van der Waals surface area contributed by atoms with Gasteiger partial charge in [-0.05, 0) is 43.7 Å². The Hall–Kier alpha value is -1.29. The summed E-state index contributed by atoms with van der Waals surface area (Å²) in [5.74, 6) is 1.89. The van der Waals surface area contributed by atoms with Crippen LogP contribution in [0.4, 0.5) is 0 Å². The normalized spacial score (nSPS) is 27.3. The zero-order chi connectivity index (χ0) is 12.5. The fraction of sp³-hybridized carbons (Fsp3) is 0.643. The van der Waals surface area contributed by atoms with E-state index in [0.29, 0.717) is 30.0 Å². The number of rotatable bonds is 2. The van der Waals surface area contributed by atoms with E-state index in [1.165, 1.54) is 19.3 Å². The fourth-order valence-corrected chi connectivity index (χ4v) is 3.45. The summed E-state index contributed by atoms with van der Waals surface area (Å²) in [6.07, 6.45) is 6.09. The van der Waals surface area contributed by atoms with Crippen molar-refractivity contribution in [2.24, 2.45) is 11.7 Å². The third kappa shape index (κ3) is 1.94. The molecule has 1 aromatic heterocycles. The highest BCUT2D eigenvalue weighted by atomic mass is 16.4. The van der Waals surface area contributed by atoms with Gasteiger partial charge in [0.25, 0.3) is 5.91 Å². The van der Waals surface area contributed by atoms with Crippen LogP contribution in [-0.2, 0) is 6.54 Å². The van der Waals surface area contributed by atoms with Crippen LogP contribution in [0, 0.1) is 5.92 Å². The first-order valence-electron chi connectivity index (χ1n) is 6.89. The van der Waals surface area contributed by atoms with Crippen molar-refractivity contribution in [2.45, 2.75) is 44.7 Å². The van der Waals surface area contributed by atoms with Gasteiger partial charge in [-0.2, -0.15) is 0 Å². The topological polar surface area (TPSA) is 59.5 Å². The SMILES string of the molecule is NCc1ccc(C(=O)N2CCCC3CCCC32)o1. The lowest BCUT2D eigenvalue weighted by molar-refractivity contribution is 0.0515. The Morgan fingerprint density at radius 3 is 2.94 bits per heavy atom. The summed E-state index contributed by atoms with van der Waals surface area (Å²) >= 11 is 0. The van der Waals surface area contributed by atoms with Crippen molar-refractivity contribution in [1.82, 2.24) is 4.90 Å². The van der Waals surface area contributed by atoms with Gasteiger partial charge in [-0.15, -0.1) is 0 Å². The van der Waals surface area contributed by atoms with Gasteiger partial charge in [0, 0.05) is 12.6 Å². The molecule has 4 nitrogen and oxygen atoms in total. The van der Waals surface area contributed by atoms with Crippen molar-refractivity contribution < 1.29 is 9.21 Å². The number of furan rings is 1. The highest BCUT2D eigenvalue weighted by Gasteiger charge is 2.38. The molecule has 1 aromatic rings. The van der Waals surface area contributed by atoms with Gasteiger partial charge < -0.3 is 15.1 Å². The zero-order valence-electron chi connectivity index (χ0n) is 10.6. The van der Waals surface area contributed by atoms with Crippen molar-refractivity contribution in [3.05, 3.63) is 23.7 Å². The van der Waals surface area contributed by atoms with E-state index in [-0.39, 0.29) is 5.91 Å². The van der Waals surface area contributed by atoms with Crippen molar-refractivity contribution >= 4 is 5.91 Å². The summed E-state index contributed by atoms with van der Waals surface area (Å²) in [6, 6.07) is 3.99. The molecule has 18 heavy (non-hydrogen) atoms. The standard InChI is InChI=1S/C14H20N2O2/c15-9-11-6-7-13(18-11)14(17)16-8-2-4-10-3-1-5-12(10)16/h6-7,10,12H,1-5,8-9,15H2. The van der Waals surface area contributed by atoms with Crippen LogP contribution in [0.25, 0.3) is 0 Å². The van der Waals surface area contributed by atoms with Crippen molar-refractivity contribution in [1.29, 1.82) is 0 Å². The molecular weight excluding hydrogens is 228 g/mol. The van der Waals surface area contributed by atoms with Gasteiger partial charge in [0.15, 0.2) is 5.76 Å². The molecule has 1 aliphatic heterocycles. The molecule has 0 radical (unpaired) electrons. The van der Waals surface area contributed by atoms with E-state index in [2.05, 4.69) is 0 Å². The zero-order valence-corrected chi connectivity index (χ0v) is 10.6. The summed E-state index contributed by atoms with van der Waals surface area (Å²) in [5, 5.41) is 0. The molecule has 2 atom stereocenters. The third-order valence-corrected chi connectivity index (χ3v) is 4.33. The van der Waals surface area contributed by atoms with Gasteiger partial charge in [0.1, 0.15) is 5.76 Å². The lowest BCUT2D eigenvalue weighted by Gasteiger charge is -2.37. The number of nitrogens with zero attached hydrogens (tertiary/aromatic N) is 1. The number of carbonyl (C=O) groups is 1. The van der Waals surface area contributed by atoms with E-state index in [1.54, 1.807) is 12.1 Å². The largest absolute Gasteiger partial charge is 0.455 e. The lowest BCUT2D eigenvalue weighted by Crippen LogP contribution is -2.46. The molecule has 4 heteroatoms. The minimum absolute atomic E-state index is 0.0475. The van der Waals surface area contributed by atoms with Crippen LogP contribution in [0.2, 0.25) is 0 Å². The minimum atomic E-state index is 0.0475. The molecule has 0 bridgehead atoms. The second-order valence-corrected chi connectivity index (χ2v) is 5.37. The number of piperidine rings is 1. The number of likely N-dealkylation sites (tertiary alicyclic amines) is 1. The average Bonchev–Trinajstić information content (AvgIpc) is 3.05. The molecule has 2 N–H and O–H groups in total. The predicted octanol–water partition coefficient (Wildman–Crippen LogP) is 2.14. The van der Waals surface area contributed by atoms with Gasteiger partial charge in [-0.25, -0.2) is 0 Å². The Morgan fingerprint density at radius 2 is 2.17 bits per heavy atom. The first kappa shape index (κ1) is 11.8. The van der Waals surface area contributed by atoms with Crippen LogP contribution in [0.1, 0.15) is 48.4 Å². The van der Waals surface area contributed by atoms with Crippen LogP contribution in [-0.4, -0.2) is 23.4 Å². The van der Waals surface area contributed by atoms with Crippen LogP contribution in [0.3, 0.4) is 0 Å². The second-order valence-electron chi connectivity index (χ2n) is 5.37. The molecule has 0 spiro atoms. The van der Waals surface area contributed by atoms with E-state index in [9.17, 15) is 4.79 Å². The Labute approximate surface area is 107 Å². The van der Waals surface area contributed by atoms with Crippen molar-refractivity contribution in [3.63, 3.8) is 0 Å². The third-order valence-electron chi connectivity index (χ3n) is 4.33. The molecule has 3 rings (SSSR count). The predicted molar refractivity (Wildman–Crippen MR) is 68.0 cm³/mol. The van der Waals surface area contributed by atoms with Crippen molar-refractivity contribution in [2.75, 3.05) is 6.54 Å². The number of hydrogen-bond donors (Lipinski definition) is 1. The van der Waals surface area contributed by atoms with Crippen LogP contribution < -0.4 is 5.73 Å². The molecule has 2 heterocycles. The molecule has 98 valence electrons. The first-order valence-corrected chi connectivity index (χ1v) is 6.89. The molecule has 1 saturated carbocycles. The van der Waals surface area contributed by atoms with E-state index < -0.39 is 0 Å². The summed E-state index contributed by atoms with van der Waals surface area (Å²) < 4.78 is 5.48. The second kappa shape index (κ2) is 4.76. The van der Waals surface area contributed by atoms with E-state index in [1.807, 2.05) is 4.90 Å². The highest BCUT2D eigenvalue weighted by molar-refractivity contribution is 5.91. The van der Waals surface area contributed by atoms with Gasteiger partial charge in [0.05, 0.1) is 6.54 Å². The molecule has 1 aliphatic carbocycles. The van der Waals surface area contributed by atoms with Gasteiger partial charge in [-0.3, -0.25) is 4.79 Å². The molecule has 2 fully saturated rings. The average molecular weight is 248 g/mol. The fourth-order valence-electron chi connectivity index (χ4n) is 3.45. The van der Waals surface area contributed by atoms with Crippen LogP contribution in [0.5, 0.6) is 0 Å². The summed E-state index contributed by atoms with van der Waals surface area (Å²) in [7, 11) is 0. The van der Waals surface area contributed by atoms with Crippen LogP contribution >= 0.6 is 0 Å². The number of fused-ring (bicyclic) bond motifs is 1.